The van der Waals surface area contributed by atoms with Crippen LogP contribution in [0.25, 0.3) is 17.3 Å². The molecule has 0 saturated carbocycles. The highest BCUT2D eigenvalue weighted by Gasteiger charge is 2.17. The Morgan fingerprint density at radius 3 is 2.71 bits per heavy atom. The van der Waals surface area contributed by atoms with Crippen molar-refractivity contribution in [2.75, 3.05) is 19.5 Å². The van der Waals surface area contributed by atoms with Crippen LogP contribution in [0.5, 0.6) is 0 Å². The average Bonchev–Trinajstić information content (AvgIpc) is 3.17. The fraction of sp³-hybridized carbons (Fsp3) is 0.200. The summed E-state index contributed by atoms with van der Waals surface area (Å²) in [5.41, 5.74) is 1.01. The van der Waals surface area contributed by atoms with Crippen LogP contribution < -0.4 is 0 Å². The second-order valence-corrected chi connectivity index (χ2v) is 5.36. The van der Waals surface area contributed by atoms with Crippen LogP contribution in [0, 0.1) is 0 Å². The van der Waals surface area contributed by atoms with E-state index in [-0.39, 0.29) is 0 Å². The first kappa shape index (κ1) is 13.9. The SMILES string of the molecule is COCCSc1nnc(-c2ccco2)n1-c1ccccc1. The van der Waals surface area contributed by atoms with Gasteiger partial charge in [0.15, 0.2) is 10.9 Å². The number of hydrogen-bond donors (Lipinski definition) is 0. The Balaban J connectivity index is 2.02. The van der Waals surface area contributed by atoms with Crippen LogP contribution in [0.3, 0.4) is 0 Å². The smallest absolute Gasteiger partial charge is 0.205 e. The van der Waals surface area contributed by atoms with Gasteiger partial charge in [0.05, 0.1) is 12.9 Å². The van der Waals surface area contributed by atoms with Crippen LogP contribution in [0.2, 0.25) is 0 Å². The van der Waals surface area contributed by atoms with E-state index in [4.69, 9.17) is 9.15 Å². The summed E-state index contributed by atoms with van der Waals surface area (Å²) in [7, 11) is 1.69. The van der Waals surface area contributed by atoms with Gasteiger partial charge in [-0.2, -0.15) is 0 Å². The number of rotatable bonds is 6. The Kier molecular flexibility index (Phi) is 4.37. The molecule has 0 bridgehead atoms. The topological polar surface area (TPSA) is 53.1 Å². The third-order valence-corrected chi connectivity index (χ3v) is 3.80. The molecule has 0 spiro atoms. The highest BCUT2D eigenvalue weighted by atomic mass is 32.2. The van der Waals surface area contributed by atoms with Crippen LogP contribution in [0.15, 0.2) is 58.3 Å². The largest absolute Gasteiger partial charge is 0.461 e. The minimum atomic E-state index is 0.669. The maximum atomic E-state index is 5.46. The molecule has 0 aliphatic carbocycles. The van der Waals surface area contributed by atoms with Crippen LogP contribution >= 0.6 is 11.8 Å². The molecule has 0 atom stereocenters. The fourth-order valence-electron chi connectivity index (χ4n) is 1.95. The van der Waals surface area contributed by atoms with Gasteiger partial charge in [0.1, 0.15) is 0 Å². The number of benzene rings is 1. The summed E-state index contributed by atoms with van der Waals surface area (Å²) < 4.78 is 12.6. The molecule has 1 aromatic carbocycles. The van der Waals surface area contributed by atoms with Gasteiger partial charge in [0.25, 0.3) is 0 Å². The molecule has 2 aromatic heterocycles. The van der Waals surface area contributed by atoms with E-state index in [1.807, 2.05) is 47.0 Å². The number of para-hydroxylation sites is 1. The monoisotopic (exact) mass is 301 g/mol. The maximum Gasteiger partial charge on any atom is 0.205 e. The number of furan rings is 1. The summed E-state index contributed by atoms with van der Waals surface area (Å²) in [6.07, 6.45) is 1.64. The Labute approximate surface area is 126 Å². The van der Waals surface area contributed by atoms with E-state index in [2.05, 4.69) is 10.2 Å². The number of hydrogen-bond acceptors (Lipinski definition) is 5. The fourth-order valence-corrected chi connectivity index (χ4v) is 2.81. The second-order valence-electron chi connectivity index (χ2n) is 4.30. The molecule has 0 unspecified atom stereocenters. The zero-order valence-corrected chi connectivity index (χ0v) is 12.4. The molecular weight excluding hydrogens is 286 g/mol. The molecular formula is C15H15N3O2S. The molecule has 0 aliphatic heterocycles. The van der Waals surface area contributed by atoms with Gasteiger partial charge in [0.2, 0.25) is 5.82 Å². The highest BCUT2D eigenvalue weighted by Crippen LogP contribution is 2.27. The molecule has 5 nitrogen and oxygen atoms in total. The van der Waals surface area contributed by atoms with Crippen LogP contribution in [0.4, 0.5) is 0 Å². The summed E-state index contributed by atoms with van der Waals surface area (Å²) in [6.45, 7) is 0.669. The molecule has 21 heavy (non-hydrogen) atoms. The molecule has 6 heteroatoms. The zero-order valence-electron chi connectivity index (χ0n) is 11.6. The molecule has 0 fully saturated rings. The molecule has 0 amide bonds. The minimum Gasteiger partial charge on any atom is -0.461 e. The minimum absolute atomic E-state index is 0.669. The Morgan fingerprint density at radius 1 is 1.14 bits per heavy atom. The molecule has 0 radical (unpaired) electrons. The van der Waals surface area contributed by atoms with Gasteiger partial charge in [0, 0.05) is 18.6 Å². The van der Waals surface area contributed by atoms with Crippen molar-refractivity contribution in [3.63, 3.8) is 0 Å². The van der Waals surface area contributed by atoms with Gasteiger partial charge in [-0.1, -0.05) is 30.0 Å². The van der Waals surface area contributed by atoms with Gasteiger partial charge in [-0.15, -0.1) is 10.2 Å². The van der Waals surface area contributed by atoms with Crippen molar-refractivity contribution in [3.8, 4) is 17.3 Å². The summed E-state index contributed by atoms with van der Waals surface area (Å²) in [6, 6.07) is 13.7. The summed E-state index contributed by atoms with van der Waals surface area (Å²) in [4.78, 5) is 0. The molecule has 0 saturated heterocycles. The zero-order chi connectivity index (χ0) is 14.5. The van der Waals surface area contributed by atoms with Crippen molar-refractivity contribution >= 4 is 11.8 Å². The van der Waals surface area contributed by atoms with E-state index in [9.17, 15) is 0 Å². The van der Waals surface area contributed by atoms with E-state index < -0.39 is 0 Å². The van der Waals surface area contributed by atoms with E-state index in [1.165, 1.54) is 0 Å². The number of methoxy groups -OCH3 is 1. The summed E-state index contributed by atoms with van der Waals surface area (Å²) in [5, 5.41) is 9.38. The third-order valence-electron chi connectivity index (χ3n) is 2.91. The lowest BCUT2D eigenvalue weighted by molar-refractivity contribution is 0.218. The van der Waals surface area contributed by atoms with Crippen molar-refractivity contribution in [2.45, 2.75) is 5.16 Å². The predicted molar refractivity (Wildman–Crippen MR) is 81.7 cm³/mol. The molecule has 2 heterocycles. The van der Waals surface area contributed by atoms with Crippen molar-refractivity contribution in [3.05, 3.63) is 48.7 Å². The van der Waals surface area contributed by atoms with E-state index in [1.54, 1.807) is 25.1 Å². The maximum absolute atomic E-state index is 5.46. The lowest BCUT2D eigenvalue weighted by atomic mass is 10.3. The van der Waals surface area contributed by atoms with Crippen molar-refractivity contribution in [1.29, 1.82) is 0 Å². The van der Waals surface area contributed by atoms with Crippen molar-refractivity contribution < 1.29 is 9.15 Å². The molecule has 3 rings (SSSR count). The highest BCUT2D eigenvalue weighted by molar-refractivity contribution is 7.99. The first-order valence-corrected chi connectivity index (χ1v) is 7.55. The summed E-state index contributed by atoms with van der Waals surface area (Å²) >= 11 is 1.61. The van der Waals surface area contributed by atoms with Crippen molar-refractivity contribution in [2.24, 2.45) is 0 Å². The molecule has 3 aromatic rings. The van der Waals surface area contributed by atoms with Gasteiger partial charge in [-0.25, -0.2) is 0 Å². The Hall–Kier alpha value is -2.05. The van der Waals surface area contributed by atoms with Gasteiger partial charge < -0.3 is 9.15 Å². The lowest BCUT2D eigenvalue weighted by Gasteiger charge is -2.08. The molecule has 108 valence electrons. The van der Waals surface area contributed by atoms with Gasteiger partial charge in [-0.3, -0.25) is 4.57 Å². The van der Waals surface area contributed by atoms with E-state index in [0.29, 0.717) is 18.2 Å². The average molecular weight is 301 g/mol. The first-order valence-electron chi connectivity index (χ1n) is 6.56. The third kappa shape index (κ3) is 3.01. The van der Waals surface area contributed by atoms with E-state index in [0.717, 1.165) is 16.6 Å². The second kappa shape index (κ2) is 6.60. The standard InChI is InChI=1S/C15H15N3O2S/c1-19-10-11-21-15-17-16-14(13-8-5-9-20-13)18(15)12-6-3-2-4-7-12/h2-9H,10-11H2,1H3. The van der Waals surface area contributed by atoms with Crippen molar-refractivity contribution in [1.82, 2.24) is 14.8 Å². The van der Waals surface area contributed by atoms with E-state index >= 15 is 0 Å². The van der Waals surface area contributed by atoms with Crippen LogP contribution in [0.1, 0.15) is 0 Å². The molecule has 0 N–H and O–H groups in total. The van der Waals surface area contributed by atoms with Gasteiger partial charge >= 0.3 is 0 Å². The first-order chi connectivity index (χ1) is 10.4. The summed E-state index contributed by atoms with van der Waals surface area (Å²) in [5.74, 6) is 2.22. The normalized spacial score (nSPS) is 10.9. The van der Waals surface area contributed by atoms with Crippen LogP contribution in [-0.2, 0) is 4.74 Å². The number of nitrogens with zero attached hydrogens (tertiary/aromatic N) is 3. The Morgan fingerprint density at radius 2 is 2.00 bits per heavy atom. The number of thioether (sulfide) groups is 1. The van der Waals surface area contributed by atoms with Crippen LogP contribution in [-0.4, -0.2) is 34.2 Å². The molecule has 0 aliphatic rings. The number of aromatic nitrogens is 3. The number of ether oxygens (including phenoxy) is 1. The Bertz CT molecular complexity index is 680. The lowest BCUT2D eigenvalue weighted by Crippen LogP contribution is -2.00. The predicted octanol–water partition coefficient (Wildman–Crippen LogP) is 3.27. The van der Waals surface area contributed by atoms with Gasteiger partial charge in [-0.05, 0) is 24.3 Å². The quantitative estimate of drug-likeness (QED) is 0.516.